The molecule has 0 aliphatic carbocycles. The molecule has 0 fully saturated rings. The third kappa shape index (κ3) is 3.27. The van der Waals surface area contributed by atoms with Crippen LogP contribution < -0.4 is 16.6 Å². The van der Waals surface area contributed by atoms with Crippen LogP contribution in [-0.4, -0.2) is 39.8 Å². The lowest BCUT2D eigenvalue weighted by Crippen LogP contribution is -2.24. The van der Waals surface area contributed by atoms with Gasteiger partial charge in [-0.3, -0.25) is 14.0 Å². The number of aryl methyl sites for hydroxylation is 1. The number of para-hydroxylation sites is 2. The summed E-state index contributed by atoms with van der Waals surface area (Å²) < 4.78 is 4.18. The van der Waals surface area contributed by atoms with Crippen molar-refractivity contribution in [3.8, 4) is 5.69 Å². The van der Waals surface area contributed by atoms with Crippen molar-refractivity contribution in [1.29, 1.82) is 0 Å². The molecule has 1 amide bonds. The van der Waals surface area contributed by atoms with Crippen LogP contribution in [0.1, 0.15) is 6.42 Å². The summed E-state index contributed by atoms with van der Waals surface area (Å²) in [6, 6.07) is 12.3. The Hall–Kier alpha value is -4.54. The van der Waals surface area contributed by atoms with Crippen molar-refractivity contribution < 1.29 is 4.79 Å². The zero-order valence-corrected chi connectivity index (χ0v) is 16.1. The molecule has 0 spiro atoms. The lowest BCUT2D eigenvalue weighted by Gasteiger charge is -2.11. The Bertz CT molecular complexity index is 1540. The van der Waals surface area contributed by atoms with E-state index in [2.05, 4.69) is 25.5 Å². The first-order valence-electron chi connectivity index (χ1n) is 9.47. The summed E-state index contributed by atoms with van der Waals surface area (Å²) in [5.74, 6) is -0.293. The second-order valence-electron chi connectivity index (χ2n) is 6.78. The molecule has 0 saturated heterocycles. The first-order chi connectivity index (χ1) is 15.1. The van der Waals surface area contributed by atoms with Gasteiger partial charge in [-0.15, -0.1) is 5.10 Å². The molecule has 4 aromatic heterocycles. The smallest absolute Gasteiger partial charge is 0.324 e. The van der Waals surface area contributed by atoms with E-state index in [0.717, 1.165) is 0 Å². The lowest BCUT2D eigenvalue weighted by molar-refractivity contribution is -0.116. The van der Waals surface area contributed by atoms with E-state index in [4.69, 9.17) is 0 Å². The summed E-state index contributed by atoms with van der Waals surface area (Å²) in [7, 11) is 0. The van der Waals surface area contributed by atoms with Gasteiger partial charge < -0.3 is 10.3 Å². The van der Waals surface area contributed by atoms with Gasteiger partial charge in [-0.1, -0.05) is 18.2 Å². The number of pyridine rings is 1. The molecule has 1 aromatic carbocycles. The number of amides is 1. The minimum atomic E-state index is -0.303. The Labute approximate surface area is 173 Å². The topological polar surface area (TPSA) is 132 Å². The predicted molar refractivity (Wildman–Crippen MR) is 112 cm³/mol. The molecular formula is C20H16N8O3. The maximum absolute atomic E-state index is 12.6. The number of hydrogen-bond acceptors (Lipinski definition) is 6. The maximum Gasteiger partial charge on any atom is 0.350 e. The van der Waals surface area contributed by atoms with Gasteiger partial charge in [-0.05, 0) is 24.3 Å². The zero-order chi connectivity index (χ0) is 21.4. The highest BCUT2D eigenvalue weighted by molar-refractivity contribution is 5.93. The molecule has 0 aliphatic heterocycles. The molecule has 0 aliphatic rings. The number of nitrogens with zero attached hydrogens (tertiary/aromatic N) is 6. The minimum absolute atomic E-state index is 0.0515. The van der Waals surface area contributed by atoms with Crippen LogP contribution in [0, 0.1) is 0 Å². The van der Waals surface area contributed by atoms with Gasteiger partial charge >= 0.3 is 5.69 Å². The number of fused-ring (bicyclic) bond motifs is 2. The fourth-order valence-corrected chi connectivity index (χ4v) is 3.33. The van der Waals surface area contributed by atoms with E-state index in [9.17, 15) is 14.4 Å². The summed E-state index contributed by atoms with van der Waals surface area (Å²) in [5.41, 5.74) is 1.36. The number of benzene rings is 1. The largest absolute Gasteiger partial charge is 0.350 e. The second kappa shape index (κ2) is 7.37. The molecule has 0 saturated carbocycles. The van der Waals surface area contributed by atoms with E-state index < -0.39 is 0 Å². The summed E-state index contributed by atoms with van der Waals surface area (Å²) in [6.07, 6.45) is 4.41. The highest BCUT2D eigenvalue weighted by atomic mass is 16.2. The Morgan fingerprint density at radius 2 is 1.94 bits per heavy atom. The normalized spacial score (nSPS) is 11.2. The van der Waals surface area contributed by atoms with E-state index in [-0.39, 0.29) is 30.1 Å². The molecule has 154 valence electrons. The van der Waals surface area contributed by atoms with Crippen molar-refractivity contribution in [3.63, 3.8) is 0 Å². The van der Waals surface area contributed by atoms with Crippen LogP contribution in [0.3, 0.4) is 0 Å². The van der Waals surface area contributed by atoms with Crippen LogP contribution in [-0.2, 0) is 11.3 Å². The minimum Gasteiger partial charge on any atom is -0.324 e. The van der Waals surface area contributed by atoms with Crippen LogP contribution in [0.2, 0.25) is 0 Å². The molecule has 5 rings (SSSR count). The van der Waals surface area contributed by atoms with Crippen LogP contribution >= 0.6 is 0 Å². The molecule has 0 unspecified atom stereocenters. The number of carbonyl (C=O) groups excluding carboxylic acids is 1. The number of rotatable bonds is 5. The fourth-order valence-electron chi connectivity index (χ4n) is 3.33. The summed E-state index contributed by atoms with van der Waals surface area (Å²) >= 11 is 0. The maximum atomic E-state index is 12.6. The van der Waals surface area contributed by atoms with E-state index in [1.807, 2.05) is 0 Å². The summed E-state index contributed by atoms with van der Waals surface area (Å²) in [6.45, 7) is 0.135. The van der Waals surface area contributed by atoms with Crippen LogP contribution in [0.5, 0.6) is 0 Å². The Kier molecular flexibility index (Phi) is 4.40. The first kappa shape index (κ1) is 18.5. The molecule has 31 heavy (non-hydrogen) atoms. The Morgan fingerprint density at radius 3 is 2.81 bits per heavy atom. The predicted octanol–water partition coefficient (Wildman–Crippen LogP) is 0.947. The molecule has 0 bridgehead atoms. The molecule has 5 aromatic rings. The highest BCUT2D eigenvalue weighted by Crippen LogP contribution is 2.22. The number of nitrogens with one attached hydrogen (secondary N) is 2. The molecule has 11 heteroatoms. The van der Waals surface area contributed by atoms with Gasteiger partial charge in [0, 0.05) is 12.6 Å². The van der Waals surface area contributed by atoms with Gasteiger partial charge in [-0.2, -0.15) is 5.10 Å². The lowest BCUT2D eigenvalue weighted by atomic mass is 10.2. The van der Waals surface area contributed by atoms with Gasteiger partial charge in [0.2, 0.25) is 5.91 Å². The molecule has 0 atom stereocenters. The van der Waals surface area contributed by atoms with Crippen molar-refractivity contribution >= 4 is 28.3 Å². The van der Waals surface area contributed by atoms with Gasteiger partial charge in [-0.25, -0.2) is 19.1 Å². The third-order valence-corrected chi connectivity index (χ3v) is 4.82. The molecule has 4 heterocycles. The van der Waals surface area contributed by atoms with Crippen LogP contribution in [0.25, 0.3) is 22.4 Å². The summed E-state index contributed by atoms with van der Waals surface area (Å²) in [5, 5.41) is 11.7. The monoisotopic (exact) mass is 416 g/mol. The third-order valence-electron chi connectivity index (χ3n) is 4.82. The number of hydrogen-bond donors (Lipinski definition) is 2. The number of carbonyl (C=O) groups is 1. The first-order valence-corrected chi connectivity index (χ1v) is 9.47. The molecule has 0 radical (unpaired) electrons. The van der Waals surface area contributed by atoms with E-state index in [0.29, 0.717) is 28.1 Å². The van der Waals surface area contributed by atoms with Crippen molar-refractivity contribution in [3.05, 3.63) is 82.0 Å². The fraction of sp³-hybridized carbons (Fsp3) is 0.100. The second-order valence-corrected chi connectivity index (χ2v) is 6.78. The molecular weight excluding hydrogens is 400 g/mol. The Balaban J connectivity index is 1.38. The quantitative estimate of drug-likeness (QED) is 0.438. The number of aromatic nitrogens is 7. The van der Waals surface area contributed by atoms with Crippen molar-refractivity contribution in [2.45, 2.75) is 13.0 Å². The number of aromatic amines is 1. The van der Waals surface area contributed by atoms with Crippen LogP contribution in [0.4, 0.5) is 5.69 Å². The molecule has 11 nitrogen and oxygen atoms in total. The summed E-state index contributed by atoms with van der Waals surface area (Å²) in [4.78, 5) is 43.6. The van der Waals surface area contributed by atoms with E-state index >= 15 is 0 Å². The highest BCUT2D eigenvalue weighted by Gasteiger charge is 2.14. The average molecular weight is 416 g/mol. The van der Waals surface area contributed by atoms with Crippen molar-refractivity contribution in [2.75, 3.05) is 5.32 Å². The van der Waals surface area contributed by atoms with Crippen molar-refractivity contribution in [2.24, 2.45) is 0 Å². The van der Waals surface area contributed by atoms with Crippen molar-refractivity contribution in [1.82, 2.24) is 33.9 Å². The van der Waals surface area contributed by atoms with Gasteiger partial charge in [0.1, 0.15) is 5.39 Å². The van der Waals surface area contributed by atoms with E-state index in [1.165, 1.54) is 26.3 Å². The SMILES string of the molecule is O=C(CCn1nc2ccccn2c1=O)Nc1ccccc1-n1ncc2c(=O)[nH]cnc21. The zero-order valence-electron chi connectivity index (χ0n) is 16.1. The standard InChI is InChI=1S/C20H16N8O3/c29-17(8-10-27-20(31)26-9-4-3-7-16(26)25-27)24-14-5-1-2-6-15(14)28-18-13(11-23-28)19(30)22-12-21-18/h1-7,9,11-12H,8,10H2,(H,24,29)(H,21,22,30). The average Bonchev–Trinajstić information content (AvgIpc) is 3.35. The number of anilines is 1. The molecule has 2 N–H and O–H groups in total. The van der Waals surface area contributed by atoms with E-state index in [1.54, 1.807) is 48.7 Å². The van der Waals surface area contributed by atoms with Crippen LogP contribution in [0.15, 0.2) is 70.8 Å². The Morgan fingerprint density at radius 1 is 1.10 bits per heavy atom. The number of H-pyrrole nitrogens is 1. The van der Waals surface area contributed by atoms with Gasteiger partial charge in [0.15, 0.2) is 11.3 Å². The van der Waals surface area contributed by atoms with Gasteiger partial charge in [0.05, 0.1) is 30.4 Å². The van der Waals surface area contributed by atoms with Gasteiger partial charge in [0.25, 0.3) is 5.56 Å².